The van der Waals surface area contributed by atoms with Gasteiger partial charge in [0, 0.05) is 10.7 Å². The van der Waals surface area contributed by atoms with E-state index in [2.05, 4.69) is 10.6 Å². The summed E-state index contributed by atoms with van der Waals surface area (Å²) in [6.07, 6.45) is -0.326. The van der Waals surface area contributed by atoms with Gasteiger partial charge in [-0.1, -0.05) is 35.3 Å². The van der Waals surface area contributed by atoms with Gasteiger partial charge < -0.3 is 20.1 Å². The fourth-order valence-corrected chi connectivity index (χ4v) is 4.34. The van der Waals surface area contributed by atoms with E-state index in [-0.39, 0.29) is 23.8 Å². The molecule has 11 heteroatoms. The smallest absolute Gasteiger partial charge is 0.338 e. The minimum atomic E-state index is -1.14. The van der Waals surface area contributed by atoms with Gasteiger partial charge in [-0.15, -0.1) is 0 Å². The predicted octanol–water partition coefficient (Wildman–Crippen LogP) is 4.93. The summed E-state index contributed by atoms with van der Waals surface area (Å²) in [5.41, 5.74) is 1.62. The zero-order valence-corrected chi connectivity index (χ0v) is 21.7. The first-order valence-corrected chi connectivity index (χ1v) is 12.4. The fraction of sp³-hybridized carbons (Fsp3) is 0.185. The van der Waals surface area contributed by atoms with Crippen molar-refractivity contribution < 1.29 is 28.7 Å². The summed E-state index contributed by atoms with van der Waals surface area (Å²) < 4.78 is 10.6. The molecule has 0 spiro atoms. The number of carbonyl (C=O) groups excluding carboxylic acids is 4. The first-order valence-electron chi connectivity index (χ1n) is 11.6. The van der Waals surface area contributed by atoms with Crippen LogP contribution in [0.25, 0.3) is 0 Å². The largest absolute Gasteiger partial charge is 0.482 e. The number of halogens is 2. The van der Waals surface area contributed by atoms with E-state index in [1.54, 1.807) is 49.4 Å². The van der Waals surface area contributed by atoms with Crippen LogP contribution in [0.2, 0.25) is 10.0 Å². The third kappa shape index (κ3) is 6.24. The van der Waals surface area contributed by atoms with Crippen LogP contribution in [0.15, 0.2) is 66.7 Å². The predicted molar refractivity (Wildman–Crippen MR) is 144 cm³/mol. The molecule has 1 unspecified atom stereocenters. The maximum Gasteiger partial charge on any atom is 0.338 e. The Hall–Kier alpha value is -4.08. The van der Waals surface area contributed by atoms with Crippen LogP contribution in [0, 0.1) is 0 Å². The third-order valence-electron chi connectivity index (χ3n) is 5.61. The summed E-state index contributed by atoms with van der Waals surface area (Å²) in [4.78, 5) is 52.3. The van der Waals surface area contributed by atoms with Crippen LogP contribution in [0.5, 0.6) is 5.75 Å². The lowest BCUT2D eigenvalue weighted by atomic mass is 10.0. The van der Waals surface area contributed by atoms with E-state index in [4.69, 9.17) is 32.7 Å². The number of nitrogens with zero attached hydrogens (tertiary/aromatic N) is 1. The van der Waals surface area contributed by atoms with Crippen molar-refractivity contribution in [3.05, 3.63) is 82.3 Å². The van der Waals surface area contributed by atoms with E-state index in [0.29, 0.717) is 27.6 Å². The van der Waals surface area contributed by atoms with Crippen molar-refractivity contribution >= 4 is 64.0 Å². The Balaban J connectivity index is 1.50. The van der Waals surface area contributed by atoms with Crippen LogP contribution in [-0.4, -0.2) is 42.9 Å². The van der Waals surface area contributed by atoms with Gasteiger partial charge in [-0.2, -0.15) is 0 Å². The molecule has 4 rings (SSSR count). The maximum absolute atomic E-state index is 13.3. The number of hydrogen-bond acceptors (Lipinski definition) is 6. The Morgan fingerprint density at radius 3 is 2.47 bits per heavy atom. The van der Waals surface area contributed by atoms with Crippen LogP contribution in [0.4, 0.5) is 17.1 Å². The second-order valence-electron chi connectivity index (χ2n) is 8.20. The van der Waals surface area contributed by atoms with Gasteiger partial charge in [-0.05, 0) is 61.5 Å². The number of fused-ring (bicyclic) bond motifs is 1. The number of anilines is 3. The molecule has 0 bridgehead atoms. The number of rotatable bonds is 8. The summed E-state index contributed by atoms with van der Waals surface area (Å²) >= 11 is 12.1. The zero-order chi connectivity index (χ0) is 27.2. The molecule has 3 amide bonds. The third-order valence-corrected chi connectivity index (χ3v) is 6.14. The van der Waals surface area contributed by atoms with Crippen molar-refractivity contribution in [1.82, 2.24) is 0 Å². The van der Waals surface area contributed by atoms with Crippen molar-refractivity contribution in [3.63, 3.8) is 0 Å². The highest BCUT2D eigenvalue weighted by atomic mass is 35.5. The lowest BCUT2D eigenvalue weighted by Gasteiger charge is -2.36. The van der Waals surface area contributed by atoms with Gasteiger partial charge in [0.15, 0.2) is 6.61 Å². The number of carbonyl (C=O) groups is 4. The van der Waals surface area contributed by atoms with Crippen molar-refractivity contribution in [3.8, 4) is 5.75 Å². The second-order valence-corrected chi connectivity index (χ2v) is 9.04. The van der Waals surface area contributed by atoms with Gasteiger partial charge in [0.2, 0.25) is 11.8 Å². The van der Waals surface area contributed by atoms with Crippen LogP contribution in [0.3, 0.4) is 0 Å². The fourth-order valence-electron chi connectivity index (χ4n) is 3.88. The molecule has 2 N–H and O–H groups in total. The minimum Gasteiger partial charge on any atom is -0.482 e. The van der Waals surface area contributed by atoms with Gasteiger partial charge >= 0.3 is 5.97 Å². The molecule has 9 nitrogen and oxygen atoms in total. The molecule has 38 heavy (non-hydrogen) atoms. The number of hydrogen-bond donors (Lipinski definition) is 2. The van der Waals surface area contributed by atoms with Crippen molar-refractivity contribution in [1.29, 1.82) is 0 Å². The van der Waals surface area contributed by atoms with E-state index in [9.17, 15) is 19.2 Å². The lowest BCUT2D eigenvalue weighted by molar-refractivity contribution is -0.127. The molecule has 0 aliphatic carbocycles. The molecule has 0 saturated heterocycles. The Morgan fingerprint density at radius 1 is 1.03 bits per heavy atom. The Bertz CT molecular complexity index is 1380. The summed E-state index contributed by atoms with van der Waals surface area (Å²) in [6, 6.07) is 16.4. The van der Waals surface area contributed by atoms with E-state index in [1.165, 1.54) is 29.2 Å². The summed E-state index contributed by atoms with van der Waals surface area (Å²) in [7, 11) is 0. The van der Waals surface area contributed by atoms with Crippen LogP contribution < -0.4 is 20.3 Å². The Labute approximate surface area is 228 Å². The number of ether oxygens (including phenoxy) is 2. The van der Waals surface area contributed by atoms with E-state index < -0.39 is 36.3 Å². The zero-order valence-electron chi connectivity index (χ0n) is 20.2. The van der Waals surface area contributed by atoms with Gasteiger partial charge in [0.25, 0.3) is 5.91 Å². The number of para-hydroxylation sites is 2. The highest BCUT2D eigenvalue weighted by molar-refractivity contribution is 6.35. The maximum atomic E-state index is 13.3. The van der Waals surface area contributed by atoms with Crippen LogP contribution in [-0.2, 0) is 19.1 Å². The highest BCUT2D eigenvalue weighted by Gasteiger charge is 2.38. The molecule has 1 heterocycles. The second kappa shape index (κ2) is 12.0. The average Bonchev–Trinajstić information content (AvgIpc) is 2.89. The SMILES string of the molecule is CCOC(=O)c1ccc(NC(=O)CC2C(=O)Nc3ccccc3N2C(=O)COc2ccc(Cl)cc2Cl)cc1. The average molecular weight is 556 g/mol. The number of benzene rings is 3. The van der Waals surface area contributed by atoms with Crippen molar-refractivity contribution in [2.24, 2.45) is 0 Å². The van der Waals surface area contributed by atoms with Crippen molar-refractivity contribution in [2.75, 3.05) is 28.7 Å². The minimum absolute atomic E-state index is 0.229. The monoisotopic (exact) mass is 555 g/mol. The molecule has 0 saturated carbocycles. The molecule has 0 fully saturated rings. The van der Waals surface area contributed by atoms with Crippen LogP contribution >= 0.6 is 23.2 Å². The first kappa shape index (κ1) is 27.0. The molecule has 1 aliphatic rings. The van der Waals surface area contributed by atoms with Gasteiger partial charge in [-0.3, -0.25) is 19.3 Å². The van der Waals surface area contributed by atoms with E-state index in [0.717, 1.165) is 0 Å². The molecular weight excluding hydrogens is 533 g/mol. The Morgan fingerprint density at radius 2 is 1.76 bits per heavy atom. The molecule has 3 aromatic rings. The van der Waals surface area contributed by atoms with Crippen LogP contribution in [0.1, 0.15) is 23.7 Å². The standard InChI is InChI=1S/C27H23Cl2N3O6/c1-2-37-27(36)16-7-10-18(11-8-16)30-24(33)14-22-26(35)31-20-5-3-4-6-21(20)32(22)25(34)15-38-23-12-9-17(28)13-19(23)29/h3-13,22H,2,14-15H2,1H3,(H,30,33)(H,31,35). The highest BCUT2D eigenvalue weighted by Crippen LogP contribution is 2.34. The summed E-state index contributed by atoms with van der Waals surface area (Å²) in [5, 5.41) is 6.08. The van der Waals surface area contributed by atoms with Gasteiger partial charge in [0.05, 0.1) is 35.0 Å². The first-order chi connectivity index (χ1) is 18.3. The van der Waals surface area contributed by atoms with Gasteiger partial charge in [0.1, 0.15) is 11.8 Å². The number of esters is 1. The normalized spacial score (nSPS) is 14.2. The molecule has 0 radical (unpaired) electrons. The number of amides is 3. The molecular formula is C27H23Cl2N3O6. The molecule has 196 valence electrons. The quantitative estimate of drug-likeness (QED) is 0.381. The number of nitrogens with one attached hydrogen (secondary N) is 2. The summed E-state index contributed by atoms with van der Waals surface area (Å²) in [6.45, 7) is 1.52. The van der Waals surface area contributed by atoms with E-state index >= 15 is 0 Å². The lowest BCUT2D eigenvalue weighted by Crippen LogP contribution is -2.53. The summed E-state index contributed by atoms with van der Waals surface area (Å²) in [5.74, 6) is -1.80. The Kier molecular flexibility index (Phi) is 8.50. The van der Waals surface area contributed by atoms with E-state index in [1.807, 2.05) is 0 Å². The van der Waals surface area contributed by atoms with Crippen molar-refractivity contribution in [2.45, 2.75) is 19.4 Å². The topological polar surface area (TPSA) is 114 Å². The molecule has 3 aromatic carbocycles. The molecule has 0 aromatic heterocycles. The molecule has 1 atom stereocenters. The molecule has 1 aliphatic heterocycles. The van der Waals surface area contributed by atoms with Gasteiger partial charge in [-0.25, -0.2) is 4.79 Å².